The number of rotatable bonds is 7. The number of alkyl halides is 3. The number of likely N-dealkylation sites (N-methyl/N-ethyl adjacent to an activating group) is 1. The van der Waals surface area contributed by atoms with Crippen LogP contribution in [-0.2, 0) is 6.54 Å². The number of halogens is 3. The van der Waals surface area contributed by atoms with E-state index in [1.54, 1.807) is 18.0 Å². The highest BCUT2D eigenvalue weighted by molar-refractivity contribution is 5.93. The van der Waals surface area contributed by atoms with Crippen molar-refractivity contribution in [1.82, 2.24) is 20.1 Å². The van der Waals surface area contributed by atoms with Crippen LogP contribution < -0.4 is 15.0 Å². The van der Waals surface area contributed by atoms with Crippen molar-refractivity contribution in [1.29, 1.82) is 0 Å². The summed E-state index contributed by atoms with van der Waals surface area (Å²) < 4.78 is 42.4. The number of nitrogens with one attached hydrogen (secondary N) is 1. The first-order valence-electron chi connectivity index (χ1n) is 8.71. The van der Waals surface area contributed by atoms with E-state index in [-0.39, 0.29) is 18.9 Å². The lowest BCUT2D eigenvalue weighted by Gasteiger charge is -2.19. The highest BCUT2D eigenvalue weighted by Crippen LogP contribution is 2.30. The molecule has 0 aliphatic rings. The zero-order chi connectivity index (χ0) is 21.9. The van der Waals surface area contributed by atoms with Gasteiger partial charge in [-0.1, -0.05) is 0 Å². The summed E-state index contributed by atoms with van der Waals surface area (Å²) >= 11 is 0. The number of aromatic nitrogens is 3. The Balaban J connectivity index is 2.08. The molecule has 0 unspecified atom stereocenters. The molecule has 1 aromatic carbocycles. The number of benzene rings is 1. The van der Waals surface area contributed by atoms with Gasteiger partial charge in [0.25, 0.3) is 0 Å². The lowest BCUT2D eigenvalue weighted by atomic mass is 10.2. The van der Waals surface area contributed by atoms with Crippen molar-refractivity contribution in [3.63, 3.8) is 0 Å². The molecule has 3 N–H and O–H groups in total. The van der Waals surface area contributed by atoms with Gasteiger partial charge in [-0.2, -0.15) is 5.10 Å². The molecule has 0 aliphatic heterocycles. The van der Waals surface area contributed by atoms with E-state index in [4.69, 9.17) is 5.11 Å². The second-order valence-corrected chi connectivity index (χ2v) is 6.23. The minimum absolute atomic E-state index is 0.0994. The monoisotopic (exact) mass is 425 g/mol. The Morgan fingerprint density at radius 1 is 1.27 bits per heavy atom. The number of nitrogens with zero attached hydrogens (tertiary/aromatic N) is 4. The molecule has 160 valence electrons. The zero-order valence-corrected chi connectivity index (χ0v) is 15.7. The van der Waals surface area contributed by atoms with E-state index in [9.17, 15) is 23.1 Å². The van der Waals surface area contributed by atoms with Gasteiger partial charge in [-0.05, 0) is 30.3 Å². The van der Waals surface area contributed by atoms with Crippen molar-refractivity contribution >= 4 is 22.8 Å². The number of hydrogen-bond donors (Lipinski definition) is 3. The Kier molecular flexibility index (Phi) is 5.96. The van der Waals surface area contributed by atoms with Gasteiger partial charge in [0.05, 0.1) is 35.6 Å². The smallest absolute Gasteiger partial charge is 0.465 e. The number of carboxylic acid groups (broad SMARTS) is 1. The Morgan fingerprint density at radius 3 is 2.57 bits per heavy atom. The summed E-state index contributed by atoms with van der Waals surface area (Å²) in [5, 5.41) is 25.4. The third-order valence-corrected chi connectivity index (χ3v) is 4.19. The summed E-state index contributed by atoms with van der Waals surface area (Å²) in [4.78, 5) is 17.0. The molecular weight excluding hydrogens is 407 g/mol. The molecule has 0 atom stereocenters. The Hall–Kier alpha value is -3.54. The summed E-state index contributed by atoms with van der Waals surface area (Å²) in [5.74, 6) is -0.383. The Bertz CT molecular complexity index is 1040. The number of ether oxygens (including phenoxy) is 1. The van der Waals surface area contributed by atoms with Crippen LogP contribution in [0.2, 0.25) is 0 Å². The van der Waals surface area contributed by atoms with Gasteiger partial charge in [0, 0.05) is 19.8 Å². The molecule has 0 bridgehead atoms. The van der Waals surface area contributed by atoms with Gasteiger partial charge < -0.3 is 25.2 Å². The van der Waals surface area contributed by atoms with Crippen LogP contribution in [0, 0.1) is 0 Å². The number of aliphatic hydroxyl groups excluding tert-OH is 1. The second kappa shape index (κ2) is 8.45. The number of carbonyl (C=O) groups is 1. The molecule has 0 radical (unpaired) electrons. The van der Waals surface area contributed by atoms with E-state index in [2.05, 4.69) is 20.1 Å². The average molecular weight is 425 g/mol. The average Bonchev–Trinajstić information content (AvgIpc) is 3.05. The van der Waals surface area contributed by atoms with E-state index >= 15 is 0 Å². The highest BCUT2D eigenvalue weighted by atomic mass is 19.4. The van der Waals surface area contributed by atoms with Gasteiger partial charge in [-0.15, -0.1) is 13.2 Å². The van der Waals surface area contributed by atoms with E-state index in [0.717, 1.165) is 12.1 Å². The third-order valence-electron chi connectivity index (χ3n) is 4.19. The van der Waals surface area contributed by atoms with E-state index < -0.39 is 12.5 Å². The Morgan fingerprint density at radius 2 is 1.97 bits per heavy atom. The summed E-state index contributed by atoms with van der Waals surface area (Å²) in [6.45, 7) is 0.108. The number of amides is 1. The molecule has 0 spiro atoms. The van der Waals surface area contributed by atoms with Gasteiger partial charge in [-0.25, -0.2) is 14.5 Å². The van der Waals surface area contributed by atoms with E-state index in [0.29, 0.717) is 34.6 Å². The number of fused-ring (bicyclic) bond motifs is 1. The number of anilines is 1. The summed E-state index contributed by atoms with van der Waals surface area (Å²) in [5.41, 5.74) is 1.82. The normalized spacial score (nSPS) is 11.5. The molecule has 12 heteroatoms. The van der Waals surface area contributed by atoms with Gasteiger partial charge in [-0.3, -0.25) is 0 Å². The molecule has 0 fully saturated rings. The van der Waals surface area contributed by atoms with Crippen molar-refractivity contribution in [3.05, 3.63) is 42.2 Å². The van der Waals surface area contributed by atoms with Crippen LogP contribution >= 0.6 is 0 Å². The van der Waals surface area contributed by atoms with Gasteiger partial charge >= 0.3 is 12.5 Å². The van der Waals surface area contributed by atoms with Crippen LogP contribution in [0.3, 0.4) is 0 Å². The predicted molar refractivity (Wildman–Crippen MR) is 101 cm³/mol. The molecule has 0 saturated heterocycles. The quantitative estimate of drug-likeness (QED) is 0.533. The maximum Gasteiger partial charge on any atom is 0.573 e. The molecule has 0 saturated carbocycles. The van der Waals surface area contributed by atoms with Gasteiger partial charge in [0.15, 0.2) is 5.65 Å². The van der Waals surface area contributed by atoms with Crippen LogP contribution in [-0.4, -0.2) is 57.6 Å². The fraction of sp³-hybridized carbons (Fsp3) is 0.278. The molecule has 3 rings (SSSR count). The van der Waals surface area contributed by atoms with Crippen LogP contribution in [0.1, 0.15) is 5.69 Å². The maximum absolute atomic E-state index is 12.4. The standard InChI is InChI=1S/C18H18F3N5O4/c1-25(8-9-27)14-6-7-22-16-15(14)13(10-23-17(28)29)24-26(16)11-2-4-12(5-3-11)30-18(19,20)21/h2-7,23,27H,8-10H2,1H3,(H,28,29). The van der Waals surface area contributed by atoms with Crippen molar-refractivity contribution in [2.75, 3.05) is 25.1 Å². The molecule has 2 heterocycles. The largest absolute Gasteiger partial charge is 0.573 e. The minimum Gasteiger partial charge on any atom is -0.465 e. The van der Waals surface area contributed by atoms with Crippen LogP contribution in [0.25, 0.3) is 16.7 Å². The molecule has 0 aliphatic carbocycles. The van der Waals surface area contributed by atoms with Gasteiger partial charge in [0.2, 0.25) is 0 Å². The van der Waals surface area contributed by atoms with Crippen molar-refractivity contribution in [2.45, 2.75) is 12.9 Å². The summed E-state index contributed by atoms with van der Waals surface area (Å²) in [7, 11) is 1.75. The summed E-state index contributed by atoms with van der Waals surface area (Å²) in [6, 6.07) is 6.76. The number of pyridine rings is 1. The first-order valence-corrected chi connectivity index (χ1v) is 8.71. The van der Waals surface area contributed by atoms with Crippen molar-refractivity contribution < 1.29 is 32.9 Å². The van der Waals surface area contributed by atoms with Crippen LogP contribution in [0.5, 0.6) is 5.75 Å². The minimum atomic E-state index is -4.80. The maximum atomic E-state index is 12.4. The SMILES string of the molecule is CN(CCO)c1ccnc2c1c(CNC(=O)O)nn2-c1ccc(OC(F)(F)F)cc1. The fourth-order valence-electron chi connectivity index (χ4n) is 2.94. The van der Waals surface area contributed by atoms with E-state index in [1.807, 2.05) is 0 Å². The molecule has 2 aromatic heterocycles. The molecule has 3 aromatic rings. The van der Waals surface area contributed by atoms with Crippen LogP contribution in [0.4, 0.5) is 23.7 Å². The second-order valence-electron chi connectivity index (χ2n) is 6.23. The van der Waals surface area contributed by atoms with E-state index in [1.165, 1.54) is 23.0 Å². The molecule has 1 amide bonds. The van der Waals surface area contributed by atoms with Crippen molar-refractivity contribution in [3.8, 4) is 11.4 Å². The zero-order valence-electron chi connectivity index (χ0n) is 15.7. The highest BCUT2D eigenvalue weighted by Gasteiger charge is 2.31. The number of hydrogen-bond acceptors (Lipinski definition) is 6. The molecule has 9 nitrogen and oxygen atoms in total. The predicted octanol–water partition coefficient (Wildman–Crippen LogP) is 2.52. The summed E-state index contributed by atoms with van der Waals surface area (Å²) in [6.07, 6.45) is -4.51. The Labute approximate surface area is 168 Å². The third kappa shape index (κ3) is 4.71. The van der Waals surface area contributed by atoms with Crippen LogP contribution in [0.15, 0.2) is 36.5 Å². The lowest BCUT2D eigenvalue weighted by molar-refractivity contribution is -0.274. The number of aliphatic hydroxyl groups is 1. The molecular formula is C18H18F3N5O4. The van der Waals surface area contributed by atoms with Gasteiger partial charge in [0.1, 0.15) is 5.75 Å². The first-order chi connectivity index (χ1) is 14.2. The molecule has 30 heavy (non-hydrogen) atoms. The topological polar surface area (TPSA) is 113 Å². The lowest BCUT2D eigenvalue weighted by Crippen LogP contribution is -2.23. The fourth-order valence-corrected chi connectivity index (χ4v) is 2.94. The van der Waals surface area contributed by atoms with Crippen molar-refractivity contribution in [2.24, 2.45) is 0 Å². The first kappa shape index (κ1) is 21.2.